The van der Waals surface area contributed by atoms with Crippen LogP contribution < -0.4 is 4.72 Å². The Morgan fingerprint density at radius 2 is 2.04 bits per heavy atom. The van der Waals surface area contributed by atoms with Crippen LogP contribution in [0.4, 0.5) is 4.39 Å². The number of rotatable bonds is 7. The van der Waals surface area contributed by atoms with Gasteiger partial charge < -0.3 is 0 Å². The maximum atomic E-state index is 13.0. The third-order valence-corrected chi connectivity index (χ3v) is 5.88. The van der Waals surface area contributed by atoms with Gasteiger partial charge in [0.15, 0.2) is 5.82 Å². The van der Waals surface area contributed by atoms with Gasteiger partial charge in [0, 0.05) is 23.9 Å². The fourth-order valence-electron chi connectivity index (χ4n) is 2.29. The van der Waals surface area contributed by atoms with Crippen LogP contribution in [0.5, 0.6) is 0 Å². The molecule has 0 saturated heterocycles. The van der Waals surface area contributed by atoms with Crippen molar-refractivity contribution in [1.82, 2.24) is 19.3 Å². The van der Waals surface area contributed by atoms with Crippen LogP contribution in [0.2, 0.25) is 0 Å². The Balaban J connectivity index is 1.75. The minimum absolute atomic E-state index is 0.129. The van der Waals surface area contributed by atoms with Gasteiger partial charge in [-0.15, -0.1) is 16.4 Å². The summed E-state index contributed by atoms with van der Waals surface area (Å²) in [6, 6.07) is 6.00. The molecule has 0 atom stereocenters. The Labute approximate surface area is 143 Å². The van der Waals surface area contributed by atoms with Crippen molar-refractivity contribution in [3.63, 3.8) is 0 Å². The fourth-order valence-corrected chi connectivity index (χ4v) is 4.24. The molecular weight excluding hydrogens is 351 g/mol. The van der Waals surface area contributed by atoms with Gasteiger partial charge in [-0.25, -0.2) is 22.0 Å². The maximum absolute atomic E-state index is 13.0. The zero-order valence-corrected chi connectivity index (χ0v) is 14.7. The number of nitrogens with zero attached hydrogens (tertiary/aromatic N) is 3. The number of sulfonamides is 1. The van der Waals surface area contributed by atoms with E-state index in [1.807, 2.05) is 12.3 Å². The lowest BCUT2D eigenvalue weighted by Crippen LogP contribution is -2.28. The quantitative estimate of drug-likeness (QED) is 0.695. The molecule has 6 nitrogen and oxygen atoms in total. The van der Waals surface area contributed by atoms with Gasteiger partial charge in [-0.3, -0.25) is 0 Å². The minimum atomic E-state index is -3.21. The molecule has 0 radical (unpaired) electrons. The molecule has 0 aliphatic rings. The Hall–Kier alpha value is -1.84. The molecule has 0 aliphatic heterocycles. The van der Waals surface area contributed by atoms with Crippen LogP contribution in [0.1, 0.15) is 19.0 Å². The van der Waals surface area contributed by atoms with Gasteiger partial charge in [0.2, 0.25) is 15.0 Å². The third kappa shape index (κ3) is 3.80. The van der Waals surface area contributed by atoms with Crippen LogP contribution in [0.3, 0.4) is 0 Å². The highest BCUT2D eigenvalue weighted by atomic mass is 32.2. The van der Waals surface area contributed by atoms with Gasteiger partial charge in [-0.05, 0) is 30.7 Å². The van der Waals surface area contributed by atoms with Crippen molar-refractivity contribution in [2.24, 2.45) is 0 Å². The molecule has 128 valence electrons. The first-order chi connectivity index (χ1) is 11.5. The first kappa shape index (κ1) is 17.0. The summed E-state index contributed by atoms with van der Waals surface area (Å²) < 4.78 is 40.6. The van der Waals surface area contributed by atoms with E-state index in [4.69, 9.17) is 0 Å². The molecular formula is C15H17FN4O2S2. The third-order valence-electron chi connectivity index (χ3n) is 3.43. The summed E-state index contributed by atoms with van der Waals surface area (Å²) in [5.74, 6) is 0.346. The highest BCUT2D eigenvalue weighted by Crippen LogP contribution is 2.21. The molecule has 2 aromatic heterocycles. The number of nitrogens with one attached hydrogen (secondary N) is 1. The van der Waals surface area contributed by atoms with Gasteiger partial charge in [-0.2, -0.15) is 4.98 Å². The first-order valence-electron chi connectivity index (χ1n) is 7.55. The van der Waals surface area contributed by atoms with Crippen molar-refractivity contribution < 1.29 is 12.8 Å². The molecule has 3 rings (SSSR count). The monoisotopic (exact) mass is 368 g/mol. The Kier molecular flexibility index (Phi) is 4.93. The summed E-state index contributed by atoms with van der Waals surface area (Å²) in [7, 11) is -3.21. The van der Waals surface area contributed by atoms with E-state index < -0.39 is 10.0 Å². The lowest BCUT2D eigenvalue weighted by molar-refractivity contribution is 0.579. The lowest BCUT2D eigenvalue weighted by atomic mass is 10.2. The Morgan fingerprint density at radius 1 is 1.29 bits per heavy atom. The number of benzene rings is 1. The maximum Gasteiger partial charge on any atom is 0.212 e. The fraction of sp³-hybridized carbons (Fsp3) is 0.333. The molecule has 1 N–H and O–H groups in total. The van der Waals surface area contributed by atoms with Gasteiger partial charge in [0.1, 0.15) is 5.82 Å². The van der Waals surface area contributed by atoms with Gasteiger partial charge in [0.25, 0.3) is 0 Å². The number of aromatic nitrogens is 3. The van der Waals surface area contributed by atoms with E-state index in [-0.39, 0.29) is 11.6 Å². The first-order valence-corrected chi connectivity index (χ1v) is 10.1. The van der Waals surface area contributed by atoms with Crippen LogP contribution in [0.15, 0.2) is 29.6 Å². The standard InChI is InChI=1S/C15H17FN4O2S2/c1-2-9-24(21,22)17-8-7-13-10-23-15-18-14(19-20(13)15)11-3-5-12(16)6-4-11/h3-6,10,17H,2,7-9H2,1H3. The second-order valence-electron chi connectivity index (χ2n) is 5.33. The molecule has 0 fully saturated rings. The second kappa shape index (κ2) is 6.96. The average Bonchev–Trinajstić information content (AvgIpc) is 3.09. The van der Waals surface area contributed by atoms with Crippen LogP contribution in [0.25, 0.3) is 16.3 Å². The van der Waals surface area contributed by atoms with Gasteiger partial charge >= 0.3 is 0 Å². The molecule has 1 aromatic carbocycles. The smallest absolute Gasteiger partial charge is 0.212 e. The van der Waals surface area contributed by atoms with E-state index in [1.54, 1.807) is 16.6 Å². The molecule has 0 amide bonds. The molecule has 9 heteroatoms. The van der Waals surface area contributed by atoms with E-state index in [9.17, 15) is 12.8 Å². The molecule has 0 spiro atoms. The minimum Gasteiger partial charge on any atom is -0.215 e. The lowest BCUT2D eigenvalue weighted by Gasteiger charge is -2.04. The normalized spacial score (nSPS) is 12.1. The largest absolute Gasteiger partial charge is 0.215 e. The molecule has 24 heavy (non-hydrogen) atoms. The van der Waals surface area contributed by atoms with Gasteiger partial charge in [0.05, 0.1) is 11.4 Å². The summed E-state index contributed by atoms with van der Waals surface area (Å²) in [6.45, 7) is 2.15. The van der Waals surface area contributed by atoms with E-state index >= 15 is 0 Å². The number of hydrogen-bond donors (Lipinski definition) is 1. The SMILES string of the molecule is CCCS(=O)(=O)NCCc1csc2nc(-c3ccc(F)cc3)nn12. The molecule has 0 unspecified atom stereocenters. The zero-order valence-electron chi connectivity index (χ0n) is 13.1. The van der Waals surface area contributed by atoms with E-state index in [0.29, 0.717) is 25.2 Å². The predicted molar refractivity (Wildman–Crippen MR) is 92.0 cm³/mol. The summed E-state index contributed by atoms with van der Waals surface area (Å²) >= 11 is 1.44. The topological polar surface area (TPSA) is 76.4 Å². The summed E-state index contributed by atoms with van der Waals surface area (Å²) in [5, 5.41) is 6.35. The molecule has 2 heterocycles. The highest BCUT2D eigenvalue weighted by Gasteiger charge is 2.13. The molecule has 0 aliphatic carbocycles. The number of halogens is 1. The Morgan fingerprint density at radius 3 is 2.75 bits per heavy atom. The van der Waals surface area contributed by atoms with Crippen LogP contribution in [-0.2, 0) is 16.4 Å². The number of fused-ring (bicyclic) bond motifs is 1. The summed E-state index contributed by atoms with van der Waals surface area (Å²) in [4.78, 5) is 5.15. The van der Waals surface area contributed by atoms with E-state index in [0.717, 1.165) is 16.2 Å². The van der Waals surface area contributed by atoms with Crippen LogP contribution >= 0.6 is 11.3 Å². The highest BCUT2D eigenvalue weighted by molar-refractivity contribution is 7.89. The zero-order chi connectivity index (χ0) is 17.2. The van der Waals surface area contributed by atoms with Crippen molar-refractivity contribution in [3.05, 3.63) is 41.2 Å². The predicted octanol–water partition coefficient (Wildman–Crippen LogP) is 2.47. The van der Waals surface area contributed by atoms with Crippen molar-refractivity contribution >= 4 is 26.3 Å². The molecule has 3 aromatic rings. The molecule has 0 saturated carbocycles. The van der Waals surface area contributed by atoms with E-state index in [1.165, 1.54) is 23.5 Å². The van der Waals surface area contributed by atoms with E-state index in [2.05, 4.69) is 14.8 Å². The number of thiazole rings is 1. The van der Waals surface area contributed by atoms with Crippen LogP contribution in [0, 0.1) is 5.82 Å². The van der Waals surface area contributed by atoms with Crippen molar-refractivity contribution in [2.45, 2.75) is 19.8 Å². The van der Waals surface area contributed by atoms with Crippen molar-refractivity contribution in [1.29, 1.82) is 0 Å². The number of hydrogen-bond acceptors (Lipinski definition) is 5. The summed E-state index contributed by atoms with van der Waals surface area (Å²) in [6.07, 6.45) is 1.11. The van der Waals surface area contributed by atoms with Gasteiger partial charge in [-0.1, -0.05) is 6.92 Å². The molecule has 0 bridgehead atoms. The summed E-state index contributed by atoms with van der Waals surface area (Å²) in [5.41, 5.74) is 1.62. The van der Waals surface area contributed by atoms with Crippen molar-refractivity contribution in [2.75, 3.05) is 12.3 Å². The van der Waals surface area contributed by atoms with Crippen LogP contribution in [-0.4, -0.2) is 35.3 Å². The Bertz CT molecular complexity index is 932. The van der Waals surface area contributed by atoms with Crippen molar-refractivity contribution in [3.8, 4) is 11.4 Å². The second-order valence-corrected chi connectivity index (χ2v) is 8.09. The average molecular weight is 368 g/mol.